The van der Waals surface area contributed by atoms with Crippen molar-refractivity contribution in [1.82, 2.24) is 15.1 Å². The van der Waals surface area contributed by atoms with E-state index in [1.165, 1.54) is 16.3 Å². The number of amides is 1. The molecular formula is C27H31ClN4O2. The van der Waals surface area contributed by atoms with E-state index in [2.05, 4.69) is 34.4 Å². The van der Waals surface area contributed by atoms with E-state index in [1.807, 2.05) is 37.3 Å². The molecule has 1 aliphatic heterocycles. The second-order valence-corrected chi connectivity index (χ2v) is 9.50. The lowest BCUT2D eigenvalue weighted by atomic mass is 9.96. The van der Waals surface area contributed by atoms with Gasteiger partial charge in [0.1, 0.15) is 5.82 Å². The molecule has 0 spiro atoms. The predicted molar refractivity (Wildman–Crippen MR) is 137 cm³/mol. The zero-order valence-corrected chi connectivity index (χ0v) is 20.5. The summed E-state index contributed by atoms with van der Waals surface area (Å²) in [5.74, 6) is 0.666. The normalized spacial score (nSPS) is 16.8. The van der Waals surface area contributed by atoms with Gasteiger partial charge in [0.2, 0.25) is 5.91 Å². The molecule has 0 aliphatic carbocycles. The molecule has 6 nitrogen and oxygen atoms in total. The van der Waals surface area contributed by atoms with Crippen molar-refractivity contribution in [2.24, 2.45) is 5.92 Å². The summed E-state index contributed by atoms with van der Waals surface area (Å²) in [6, 6.07) is 19.1. The Hall–Kier alpha value is -3.12. The lowest BCUT2D eigenvalue weighted by molar-refractivity contribution is -0.125. The van der Waals surface area contributed by atoms with Crippen LogP contribution in [-0.2, 0) is 11.2 Å². The standard InChI is InChI=1S/C27H31ClN4O2/c1-19-10-13-23(17-24(19)28)32-26(33)15-14-25(30-32)31-16-6-9-22(18-31)27(34)29-20(2)11-12-21-7-4-3-5-8-21/h3-5,7-8,10,13-15,17,20,22H,6,9,11-12,16,18H2,1-2H3,(H,29,34). The Labute approximate surface area is 205 Å². The number of nitrogens with zero attached hydrogens (tertiary/aromatic N) is 3. The summed E-state index contributed by atoms with van der Waals surface area (Å²) in [5.41, 5.74) is 2.63. The first-order valence-electron chi connectivity index (χ1n) is 11.9. The molecule has 1 aliphatic rings. The quantitative estimate of drug-likeness (QED) is 0.541. The van der Waals surface area contributed by atoms with E-state index >= 15 is 0 Å². The van der Waals surface area contributed by atoms with Gasteiger partial charge in [-0.15, -0.1) is 5.10 Å². The van der Waals surface area contributed by atoms with Crippen molar-refractivity contribution in [1.29, 1.82) is 0 Å². The molecule has 0 bridgehead atoms. The number of rotatable bonds is 7. The average Bonchev–Trinajstić information content (AvgIpc) is 2.85. The van der Waals surface area contributed by atoms with Gasteiger partial charge in [0.15, 0.2) is 0 Å². The van der Waals surface area contributed by atoms with Gasteiger partial charge in [-0.2, -0.15) is 4.68 Å². The molecule has 1 aromatic heterocycles. The minimum absolute atomic E-state index is 0.0869. The monoisotopic (exact) mass is 478 g/mol. The van der Waals surface area contributed by atoms with E-state index in [1.54, 1.807) is 12.1 Å². The first-order valence-corrected chi connectivity index (χ1v) is 12.2. The van der Waals surface area contributed by atoms with Crippen LogP contribution in [0.5, 0.6) is 0 Å². The Balaban J connectivity index is 1.40. The van der Waals surface area contributed by atoms with Crippen LogP contribution < -0.4 is 15.8 Å². The third kappa shape index (κ3) is 5.86. The molecule has 7 heteroatoms. The zero-order valence-electron chi connectivity index (χ0n) is 19.7. The van der Waals surface area contributed by atoms with Crippen LogP contribution in [0, 0.1) is 12.8 Å². The minimum Gasteiger partial charge on any atom is -0.354 e. The summed E-state index contributed by atoms with van der Waals surface area (Å²) in [7, 11) is 0. The summed E-state index contributed by atoms with van der Waals surface area (Å²) in [6.07, 6.45) is 3.58. The molecule has 3 aromatic rings. The third-order valence-corrected chi connectivity index (χ3v) is 6.81. The number of hydrogen-bond acceptors (Lipinski definition) is 4. The van der Waals surface area contributed by atoms with Gasteiger partial charge < -0.3 is 10.2 Å². The number of hydrogen-bond donors (Lipinski definition) is 1. The molecular weight excluding hydrogens is 448 g/mol. The zero-order chi connectivity index (χ0) is 24.1. The summed E-state index contributed by atoms with van der Waals surface area (Å²) in [6.45, 7) is 5.36. The van der Waals surface area contributed by atoms with E-state index in [9.17, 15) is 9.59 Å². The highest BCUT2D eigenvalue weighted by molar-refractivity contribution is 6.31. The Morgan fingerprint density at radius 1 is 1.18 bits per heavy atom. The van der Waals surface area contributed by atoms with Crippen molar-refractivity contribution in [3.63, 3.8) is 0 Å². The number of aryl methyl sites for hydroxylation is 2. The number of anilines is 1. The van der Waals surface area contributed by atoms with Crippen LogP contribution in [0.3, 0.4) is 0 Å². The maximum absolute atomic E-state index is 13.0. The Morgan fingerprint density at radius 2 is 1.97 bits per heavy atom. The van der Waals surface area contributed by atoms with Crippen molar-refractivity contribution in [3.8, 4) is 5.69 Å². The Bertz CT molecular complexity index is 1190. The fourth-order valence-corrected chi connectivity index (χ4v) is 4.50. The molecule has 1 saturated heterocycles. The van der Waals surface area contributed by atoms with Crippen LogP contribution >= 0.6 is 11.6 Å². The van der Waals surface area contributed by atoms with Crippen LogP contribution in [0.1, 0.15) is 37.3 Å². The number of halogens is 1. The summed E-state index contributed by atoms with van der Waals surface area (Å²) in [5, 5.41) is 8.38. The van der Waals surface area contributed by atoms with Crippen LogP contribution in [0.25, 0.3) is 5.69 Å². The average molecular weight is 479 g/mol. The maximum Gasteiger partial charge on any atom is 0.271 e. The number of aromatic nitrogens is 2. The number of carbonyl (C=O) groups excluding carboxylic acids is 1. The second-order valence-electron chi connectivity index (χ2n) is 9.09. The Morgan fingerprint density at radius 3 is 2.74 bits per heavy atom. The highest BCUT2D eigenvalue weighted by Crippen LogP contribution is 2.23. The predicted octanol–water partition coefficient (Wildman–Crippen LogP) is 4.55. The number of nitrogens with one attached hydrogen (secondary N) is 1. The van der Waals surface area contributed by atoms with E-state index in [-0.39, 0.29) is 23.4 Å². The summed E-state index contributed by atoms with van der Waals surface area (Å²) < 4.78 is 1.37. The lowest BCUT2D eigenvalue weighted by Crippen LogP contribution is -2.46. The lowest BCUT2D eigenvalue weighted by Gasteiger charge is -2.33. The third-order valence-electron chi connectivity index (χ3n) is 6.40. The van der Waals surface area contributed by atoms with Gasteiger partial charge in [-0.1, -0.05) is 48.0 Å². The number of piperidine rings is 1. The molecule has 0 radical (unpaired) electrons. The summed E-state index contributed by atoms with van der Waals surface area (Å²) >= 11 is 6.26. The van der Waals surface area contributed by atoms with Crippen LogP contribution in [0.2, 0.25) is 5.02 Å². The van der Waals surface area contributed by atoms with Crippen molar-refractivity contribution < 1.29 is 4.79 Å². The van der Waals surface area contributed by atoms with Crippen molar-refractivity contribution >= 4 is 23.3 Å². The number of carbonyl (C=O) groups is 1. The molecule has 1 fully saturated rings. The van der Waals surface area contributed by atoms with Gasteiger partial charge >= 0.3 is 0 Å². The van der Waals surface area contributed by atoms with E-state index < -0.39 is 0 Å². The van der Waals surface area contributed by atoms with Gasteiger partial charge in [-0.25, -0.2) is 0 Å². The fourth-order valence-electron chi connectivity index (χ4n) is 4.33. The smallest absolute Gasteiger partial charge is 0.271 e. The number of benzene rings is 2. The molecule has 2 heterocycles. The van der Waals surface area contributed by atoms with Crippen LogP contribution in [0.4, 0.5) is 5.82 Å². The van der Waals surface area contributed by atoms with E-state index in [0.29, 0.717) is 23.1 Å². The van der Waals surface area contributed by atoms with E-state index in [0.717, 1.165) is 37.8 Å². The van der Waals surface area contributed by atoms with Gasteiger partial charge in [-0.3, -0.25) is 9.59 Å². The molecule has 2 unspecified atom stereocenters. The van der Waals surface area contributed by atoms with Crippen molar-refractivity contribution in [3.05, 3.63) is 87.2 Å². The first kappa shape index (κ1) is 24.0. The molecule has 2 aromatic carbocycles. The highest BCUT2D eigenvalue weighted by Gasteiger charge is 2.27. The van der Waals surface area contributed by atoms with Crippen molar-refractivity contribution in [2.75, 3.05) is 18.0 Å². The molecule has 178 valence electrons. The van der Waals surface area contributed by atoms with Crippen LogP contribution in [-0.4, -0.2) is 34.8 Å². The molecule has 0 saturated carbocycles. The SMILES string of the molecule is Cc1ccc(-n2nc(N3CCCC(C(=O)NC(C)CCc4ccccc4)C3)ccc2=O)cc1Cl. The molecule has 1 N–H and O–H groups in total. The second kappa shape index (κ2) is 10.9. The van der Waals surface area contributed by atoms with Crippen LogP contribution in [0.15, 0.2) is 65.5 Å². The Kier molecular flexibility index (Phi) is 7.68. The minimum atomic E-state index is -0.220. The highest BCUT2D eigenvalue weighted by atomic mass is 35.5. The largest absolute Gasteiger partial charge is 0.354 e. The maximum atomic E-state index is 13.0. The van der Waals surface area contributed by atoms with Gasteiger partial charge in [0.25, 0.3) is 5.56 Å². The van der Waals surface area contributed by atoms with E-state index in [4.69, 9.17) is 11.6 Å². The van der Waals surface area contributed by atoms with Gasteiger partial charge in [0.05, 0.1) is 11.6 Å². The summed E-state index contributed by atoms with van der Waals surface area (Å²) in [4.78, 5) is 27.6. The fraction of sp³-hybridized carbons (Fsp3) is 0.370. The first-order chi connectivity index (χ1) is 16.4. The molecule has 34 heavy (non-hydrogen) atoms. The van der Waals surface area contributed by atoms with Crippen molar-refractivity contribution in [2.45, 2.75) is 45.6 Å². The topological polar surface area (TPSA) is 67.2 Å². The molecule has 2 atom stereocenters. The molecule has 1 amide bonds. The van der Waals surface area contributed by atoms with Gasteiger partial charge in [-0.05, 0) is 68.9 Å². The van der Waals surface area contributed by atoms with Gasteiger partial charge in [0, 0.05) is 30.2 Å². The molecule has 4 rings (SSSR count).